The second-order valence-corrected chi connectivity index (χ2v) is 4.45. The van der Waals surface area contributed by atoms with Gasteiger partial charge in [0, 0.05) is 17.6 Å². The molecule has 0 heterocycles. The molecule has 0 spiro atoms. The van der Waals surface area contributed by atoms with Crippen LogP contribution in [0.15, 0.2) is 16.6 Å². The van der Waals surface area contributed by atoms with E-state index < -0.39 is 0 Å². The van der Waals surface area contributed by atoms with E-state index in [-0.39, 0.29) is 11.9 Å². The summed E-state index contributed by atoms with van der Waals surface area (Å²) in [5, 5.41) is 21.7. The van der Waals surface area contributed by atoms with Gasteiger partial charge >= 0.3 is 0 Å². The number of benzene rings is 1. The summed E-state index contributed by atoms with van der Waals surface area (Å²) < 4.78 is 5.83. The van der Waals surface area contributed by atoms with Gasteiger partial charge in [-0.15, -0.1) is 0 Å². The van der Waals surface area contributed by atoms with Gasteiger partial charge in [-0.1, -0.05) is 15.9 Å². The Kier molecular flexibility index (Phi) is 5.05. The maximum Gasteiger partial charge on any atom is 0.160 e. The largest absolute Gasteiger partial charge is 0.504 e. The minimum absolute atomic E-state index is 0.105. The summed E-state index contributed by atoms with van der Waals surface area (Å²) in [6, 6.07) is 3.35. The molecular weight excluding hydrogens is 274 g/mol. The van der Waals surface area contributed by atoms with Crippen molar-refractivity contribution in [2.75, 3.05) is 13.7 Å². The third-order valence-corrected chi connectivity index (χ3v) is 2.84. The fourth-order valence-corrected chi connectivity index (χ4v) is 1.77. The number of aromatic hydroxyl groups is 1. The zero-order chi connectivity index (χ0) is 12.1. The van der Waals surface area contributed by atoms with E-state index >= 15 is 0 Å². The number of hydrogen-bond donors (Lipinski definition) is 3. The van der Waals surface area contributed by atoms with Crippen molar-refractivity contribution in [2.45, 2.75) is 19.6 Å². The fourth-order valence-electron chi connectivity index (χ4n) is 1.30. The molecule has 5 heteroatoms. The molecule has 0 unspecified atom stereocenters. The standard InChI is InChI=1S/C11H16BrNO3/c1-7(14)5-13-6-8-3-11(16-2)10(15)4-9(8)12/h3-4,7,13-15H,5-6H2,1-2H3/t7-/m0/s1. The molecule has 1 atom stereocenters. The van der Waals surface area contributed by atoms with Crippen LogP contribution in [0.1, 0.15) is 12.5 Å². The monoisotopic (exact) mass is 289 g/mol. The van der Waals surface area contributed by atoms with Crippen LogP contribution in [0.3, 0.4) is 0 Å². The number of halogens is 1. The van der Waals surface area contributed by atoms with Crippen molar-refractivity contribution in [3.05, 3.63) is 22.2 Å². The highest BCUT2D eigenvalue weighted by atomic mass is 79.9. The molecule has 4 nitrogen and oxygen atoms in total. The lowest BCUT2D eigenvalue weighted by Gasteiger charge is -2.11. The molecular formula is C11H16BrNO3. The van der Waals surface area contributed by atoms with Crippen molar-refractivity contribution in [2.24, 2.45) is 0 Å². The molecule has 0 aromatic heterocycles. The van der Waals surface area contributed by atoms with Gasteiger partial charge in [-0.25, -0.2) is 0 Å². The molecule has 0 aliphatic carbocycles. The van der Waals surface area contributed by atoms with Gasteiger partial charge in [0.1, 0.15) is 0 Å². The maximum absolute atomic E-state index is 9.51. The first-order valence-corrected chi connectivity index (χ1v) is 5.78. The lowest BCUT2D eigenvalue weighted by molar-refractivity contribution is 0.191. The van der Waals surface area contributed by atoms with Crippen molar-refractivity contribution < 1.29 is 14.9 Å². The Balaban J connectivity index is 2.72. The summed E-state index contributed by atoms with van der Waals surface area (Å²) in [4.78, 5) is 0. The van der Waals surface area contributed by atoms with E-state index in [1.54, 1.807) is 19.1 Å². The number of rotatable bonds is 5. The van der Waals surface area contributed by atoms with Gasteiger partial charge < -0.3 is 20.3 Å². The van der Waals surface area contributed by atoms with Crippen LogP contribution in [0.4, 0.5) is 0 Å². The normalized spacial score (nSPS) is 12.5. The summed E-state index contributed by atoms with van der Waals surface area (Å²) >= 11 is 3.36. The van der Waals surface area contributed by atoms with Gasteiger partial charge in [-0.2, -0.15) is 0 Å². The Hall–Kier alpha value is -0.780. The zero-order valence-electron chi connectivity index (χ0n) is 9.33. The predicted molar refractivity (Wildman–Crippen MR) is 65.7 cm³/mol. The maximum atomic E-state index is 9.51. The van der Waals surface area contributed by atoms with E-state index in [2.05, 4.69) is 21.2 Å². The molecule has 3 N–H and O–H groups in total. The van der Waals surface area contributed by atoms with Crippen LogP contribution >= 0.6 is 15.9 Å². The minimum Gasteiger partial charge on any atom is -0.504 e. The van der Waals surface area contributed by atoms with Crippen LogP contribution in [0.2, 0.25) is 0 Å². The average molecular weight is 290 g/mol. The van der Waals surface area contributed by atoms with Gasteiger partial charge in [-0.05, 0) is 24.6 Å². The number of aliphatic hydroxyl groups excluding tert-OH is 1. The Morgan fingerprint density at radius 1 is 1.50 bits per heavy atom. The SMILES string of the molecule is COc1cc(CNC[C@H](C)O)c(Br)cc1O. The number of methoxy groups -OCH3 is 1. The molecule has 0 radical (unpaired) electrons. The van der Waals surface area contributed by atoms with Gasteiger partial charge in [0.15, 0.2) is 11.5 Å². The third kappa shape index (κ3) is 3.66. The summed E-state index contributed by atoms with van der Waals surface area (Å²) in [7, 11) is 1.51. The molecule has 0 aliphatic heterocycles. The number of aliphatic hydroxyl groups is 1. The van der Waals surface area contributed by atoms with Gasteiger partial charge in [-0.3, -0.25) is 0 Å². The summed E-state index contributed by atoms with van der Waals surface area (Å²) in [5.74, 6) is 0.547. The number of phenolic OH excluding ortho intramolecular Hbond substituents is 1. The Morgan fingerprint density at radius 3 is 2.75 bits per heavy atom. The predicted octanol–water partition coefficient (Wildman–Crippen LogP) is 1.63. The van der Waals surface area contributed by atoms with Crippen molar-refractivity contribution in [1.29, 1.82) is 0 Å². The molecule has 1 rings (SSSR count). The molecule has 0 saturated carbocycles. The first-order valence-electron chi connectivity index (χ1n) is 4.98. The lowest BCUT2D eigenvalue weighted by atomic mass is 10.2. The first kappa shape index (κ1) is 13.3. The Bertz CT molecular complexity index is 355. The summed E-state index contributed by atoms with van der Waals surface area (Å²) in [6.07, 6.45) is -0.377. The summed E-state index contributed by atoms with van der Waals surface area (Å²) in [6.45, 7) is 2.84. The molecule has 1 aromatic rings. The quantitative estimate of drug-likeness (QED) is 0.771. The third-order valence-electron chi connectivity index (χ3n) is 2.10. The van der Waals surface area contributed by atoms with E-state index in [0.717, 1.165) is 10.0 Å². The molecule has 0 fully saturated rings. The smallest absolute Gasteiger partial charge is 0.160 e. The second kappa shape index (κ2) is 6.08. The minimum atomic E-state index is -0.377. The van der Waals surface area contributed by atoms with Gasteiger partial charge in [0.05, 0.1) is 13.2 Å². The van der Waals surface area contributed by atoms with Crippen molar-refractivity contribution in [3.8, 4) is 11.5 Å². The molecule has 1 aromatic carbocycles. The van der Waals surface area contributed by atoms with E-state index in [9.17, 15) is 5.11 Å². The first-order chi connectivity index (χ1) is 7.54. The molecule has 16 heavy (non-hydrogen) atoms. The fraction of sp³-hybridized carbons (Fsp3) is 0.455. The second-order valence-electron chi connectivity index (χ2n) is 3.60. The van der Waals surface area contributed by atoms with E-state index in [1.807, 2.05) is 0 Å². The van der Waals surface area contributed by atoms with Crippen molar-refractivity contribution in [3.63, 3.8) is 0 Å². The van der Waals surface area contributed by atoms with Crippen molar-refractivity contribution in [1.82, 2.24) is 5.32 Å². The van der Waals surface area contributed by atoms with Crippen LogP contribution in [0.25, 0.3) is 0 Å². The Labute approximate surface area is 103 Å². The van der Waals surface area contributed by atoms with Gasteiger partial charge in [0.2, 0.25) is 0 Å². The molecule has 0 aliphatic rings. The highest BCUT2D eigenvalue weighted by Gasteiger charge is 2.07. The zero-order valence-corrected chi connectivity index (χ0v) is 10.9. The van der Waals surface area contributed by atoms with E-state index in [0.29, 0.717) is 18.8 Å². The number of hydrogen-bond acceptors (Lipinski definition) is 4. The van der Waals surface area contributed by atoms with E-state index in [4.69, 9.17) is 9.84 Å². The highest BCUT2D eigenvalue weighted by molar-refractivity contribution is 9.10. The topological polar surface area (TPSA) is 61.7 Å². The van der Waals surface area contributed by atoms with Crippen LogP contribution < -0.4 is 10.1 Å². The molecule has 0 amide bonds. The van der Waals surface area contributed by atoms with Gasteiger partial charge in [0.25, 0.3) is 0 Å². The highest BCUT2D eigenvalue weighted by Crippen LogP contribution is 2.32. The lowest BCUT2D eigenvalue weighted by Crippen LogP contribution is -2.24. The number of phenols is 1. The van der Waals surface area contributed by atoms with Crippen LogP contribution in [-0.2, 0) is 6.54 Å². The van der Waals surface area contributed by atoms with E-state index in [1.165, 1.54) is 7.11 Å². The Morgan fingerprint density at radius 2 is 2.19 bits per heavy atom. The molecule has 0 saturated heterocycles. The number of nitrogens with one attached hydrogen (secondary N) is 1. The average Bonchev–Trinajstić information content (AvgIpc) is 2.20. The van der Waals surface area contributed by atoms with Crippen LogP contribution in [0.5, 0.6) is 11.5 Å². The van der Waals surface area contributed by atoms with Crippen LogP contribution in [0, 0.1) is 0 Å². The molecule has 90 valence electrons. The van der Waals surface area contributed by atoms with Crippen LogP contribution in [-0.4, -0.2) is 30.0 Å². The number of ether oxygens (including phenoxy) is 1. The molecule has 0 bridgehead atoms. The van der Waals surface area contributed by atoms with Crippen molar-refractivity contribution >= 4 is 15.9 Å². The summed E-state index contributed by atoms with van der Waals surface area (Å²) in [5.41, 5.74) is 0.968.